The molecule has 2 aliphatic rings. The van der Waals surface area contributed by atoms with Gasteiger partial charge in [-0.15, -0.1) is 0 Å². The van der Waals surface area contributed by atoms with Crippen LogP contribution < -0.4 is 0 Å². The second kappa shape index (κ2) is 7.31. The zero-order valence-corrected chi connectivity index (χ0v) is 15.7. The lowest BCUT2D eigenvalue weighted by molar-refractivity contribution is -0.159. The van der Waals surface area contributed by atoms with Crippen LogP contribution >= 0.6 is 11.8 Å². The van der Waals surface area contributed by atoms with Gasteiger partial charge in [-0.2, -0.15) is 0 Å². The largest absolute Gasteiger partial charge is 0.389 e. The molecule has 2 aromatic rings. The molecule has 27 heavy (non-hydrogen) atoms. The number of carbonyl (C=O) groups excluding carboxylic acids is 1. The Bertz CT molecular complexity index is 900. The van der Waals surface area contributed by atoms with E-state index in [0.29, 0.717) is 0 Å². The van der Waals surface area contributed by atoms with Crippen molar-refractivity contribution in [3.05, 3.63) is 95.1 Å². The van der Waals surface area contributed by atoms with Gasteiger partial charge in [-0.3, -0.25) is 4.79 Å². The fourth-order valence-electron chi connectivity index (χ4n) is 3.45. The molecule has 0 amide bonds. The Hall–Kier alpha value is -2.40. The van der Waals surface area contributed by atoms with Crippen molar-refractivity contribution in [1.82, 2.24) is 0 Å². The molecule has 0 aromatic heterocycles. The van der Waals surface area contributed by atoms with Crippen molar-refractivity contribution < 1.29 is 15.0 Å². The quantitative estimate of drug-likeness (QED) is 0.848. The van der Waals surface area contributed by atoms with E-state index in [2.05, 4.69) is 36.4 Å². The van der Waals surface area contributed by atoms with E-state index in [1.807, 2.05) is 43.3 Å². The fraction of sp³-hybridized carbons (Fsp3) is 0.174. The summed E-state index contributed by atoms with van der Waals surface area (Å²) >= 11 is 1.69. The van der Waals surface area contributed by atoms with Gasteiger partial charge in [-0.1, -0.05) is 78.0 Å². The molecular weight excluding hydrogens is 356 g/mol. The van der Waals surface area contributed by atoms with Crippen molar-refractivity contribution >= 4 is 27.4 Å². The molecule has 0 spiro atoms. The zero-order valence-electron chi connectivity index (χ0n) is 14.9. The molecule has 1 aliphatic carbocycles. The minimum atomic E-state index is -1.27. The number of carbonyl (C=O) groups is 1. The molecule has 1 heterocycles. The van der Waals surface area contributed by atoms with Crippen molar-refractivity contribution in [1.29, 1.82) is 0 Å². The third kappa shape index (κ3) is 3.32. The molecular formula is C23H20O3S. The van der Waals surface area contributed by atoms with E-state index in [1.54, 1.807) is 11.8 Å². The Kier molecular flexibility index (Phi) is 4.87. The Morgan fingerprint density at radius 2 is 1.33 bits per heavy atom. The normalized spacial score (nSPS) is 24.8. The van der Waals surface area contributed by atoms with Gasteiger partial charge in [0.1, 0.15) is 12.2 Å². The third-order valence-electron chi connectivity index (χ3n) is 5.09. The number of ketones is 1. The van der Waals surface area contributed by atoms with Crippen molar-refractivity contribution in [3.8, 4) is 0 Å². The standard InChI is InChI=1S/C23H20O3S/c1-14(20-21(24)23(26)22(20)25)17-12-18(15-8-4-2-5-9-15)27-19(13-17)16-10-6-3-7-11-16/h2-13,20-21,23-24,26H,1H3. The Morgan fingerprint density at radius 1 is 0.852 bits per heavy atom. The second-order valence-corrected chi connectivity index (χ2v) is 7.89. The van der Waals surface area contributed by atoms with E-state index in [1.165, 1.54) is 0 Å². The first-order valence-electron chi connectivity index (χ1n) is 8.89. The van der Waals surface area contributed by atoms with Crippen LogP contribution in [0.5, 0.6) is 0 Å². The number of aliphatic hydroxyl groups excluding tert-OH is 2. The summed E-state index contributed by atoms with van der Waals surface area (Å²) in [6.45, 7) is 1.86. The maximum Gasteiger partial charge on any atom is 0.173 e. The van der Waals surface area contributed by atoms with Gasteiger partial charge in [-0.05, 0) is 35.8 Å². The molecule has 2 N–H and O–H groups in total. The van der Waals surface area contributed by atoms with E-state index >= 15 is 0 Å². The number of Topliss-reactive ketones (excluding diaryl/α,β-unsaturated/α-hetero) is 1. The molecule has 4 rings (SSSR count). The van der Waals surface area contributed by atoms with Gasteiger partial charge >= 0.3 is 0 Å². The van der Waals surface area contributed by atoms with Crippen molar-refractivity contribution in [2.75, 3.05) is 0 Å². The summed E-state index contributed by atoms with van der Waals surface area (Å²) in [5.74, 6) is -0.949. The van der Waals surface area contributed by atoms with Crippen LogP contribution in [0.2, 0.25) is 0 Å². The Balaban J connectivity index is 1.80. The molecule has 0 bridgehead atoms. The first-order chi connectivity index (χ1) is 13.1. The highest BCUT2D eigenvalue weighted by Gasteiger charge is 2.49. The Morgan fingerprint density at radius 3 is 1.78 bits per heavy atom. The molecule has 0 saturated heterocycles. The number of thioether (sulfide) groups is 1. The summed E-state index contributed by atoms with van der Waals surface area (Å²) in [4.78, 5) is 14.3. The molecule has 1 saturated carbocycles. The summed E-state index contributed by atoms with van der Waals surface area (Å²) in [5, 5.41) is 19.7. The summed E-state index contributed by atoms with van der Waals surface area (Å²) in [6.07, 6.45) is 1.83. The third-order valence-corrected chi connectivity index (χ3v) is 6.24. The number of benzene rings is 2. The molecule has 3 atom stereocenters. The van der Waals surface area contributed by atoms with E-state index in [0.717, 1.165) is 32.1 Å². The molecule has 136 valence electrons. The number of rotatable bonds is 3. The van der Waals surface area contributed by atoms with E-state index in [-0.39, 0.29) is 5.78 Å². The monoisotopic (exact) mass is 376 g/mol. The highest BCUT2D eigenvalue weighted by atomic mass is 32.2. The topological polar surface area (TPSA) is 57.5 Å². The van der Waals surface area contributed by atoms with Gasteiger partial charge < -0.3 is 10.2 Å². The molecule has 2 aromatic carbocycles. The smallest absolute Gasteiger partial charge is 0.173 e. The van der Waals surface area contributed by atoms with Crippen LogP contribution in [0.1, 0.15) is 18.1 Å². The molecule has 0 radical (unpaired) electrons. The van der Waals surface area contributed by atoms with Crippen molar-refractivity contribution in [2.45, 2.75) is 19.1 Å². The zero-order chi connectivity index (χ0) is 19.0. The van der Waals surface area contributed by atoms with Crippen LogP contribution in [0, 0.1) is 5.92 Å². The van der Waals surface area contributed by atoms with Gasteiger partial charge in [0.15, 0.2) is 5.78 Å². The number of allylic oxidation sites excluding steroid dienone is 3. The predicted molar refractivity (Wildman–Crippen MR) is 110 cm³/mol. The summed E-state index contributed by atoms with van der Waals surface area (Å²) in [7, 11) is 0. The predicted octanol–water partition coefficient (Wildman–Crippen LogP) is 4.05. The molecule has 4 heteroatoms. The first-order valence-corrected chi connectivity index (χ1v) is 9.70. The van der Waals surface area contributed by atoms with Crippen molar-refractivity contribution in [2.24, 2.45) is 5.92 Å². The molecule has 1 fully saturated rings. The van der Waals surface area contributed by atoms with E-state index in [4.69, 9.17) is 0 Å². The van der Waals surface area contributed by atoms with Gasteiger partial charge in [-0.25, -0.2) is 0 Å². The molecule has 3 nitrogen and oxygen atoms in total. The average Bonchev–Trinajstić information content (AvgIpc) is 2.74. The van der Waals surface area contributed by atoms with Crippen LogP contribution in [-0.2, 0) is 4.79 Å². The second-order valence-electron chi connectivity index (χ2n) is 6.81. The fourth-order valence-corrected chi connectivity index (χ4v) is 4.57. The maximum atomic E-state index is 12.1. The minimum absolute atomic E-state index is 0.310. The molecule has 3 unspecified atom stereocenters. The minimum Gasteiger partial charge on any atom is -0.389 e. The van der Waals surface area contributed by atoms with Crippen LogP contribution in [0.4, 0.5) is 0 Å². The lowest BCUT2D eigenvalue weighted by Gasteiger charge is -2.37. The Labute approximate surface area is 162 Å². The summed E-state index contributed by atoms with van der Waals surface area (Å²) < 4.78 is 0. The van der Waals surface area contributed by atoms with Crippen LogP contribution in [0.3, 0.4) is 0 Å². The number of hydrogen-bond acceptors (Lipinski definition) is 4. The van der Waals surface area contributed by atoms with E-state index in [9.17, 15) is 15.0 Å². The first kappa shape index (κ1) is 18.0. The highest BCUT2D eigenvalue weighted by molar-refractivity contribution is 8.16. The van der Waals surface area contributed by atoms with E-state index < -0.39 is 18.1 Å². The van der Waals surface area contributed by atoms with Gasteiger partial charge in [0, 0.05) is 9.81 Å². The van der Waals surface area contributed by atoms with Crippen LogP contribution in [0.25, 0.3) is 9.81 Å². The van der Waals surface area contributed by atoms with Crippen LogP contribution in [0.15, 0.2) is 84.0 Å². The summed E-state index contributed by atoms with van der Waals surface area (Å²) in [5.41, 5.74) is 3.92. The van der Waals surface area contributed by atoms with Gasteiger partial charge in [0.2, 0.25) is 0 Å². The number of hydrogen-bond donors (Lipinski definition) is 2. The summed E-state index contributed by atoms with van der Waals surface area (Å²) in [6, 6.07) is 20.2. The lowest BCUT2D eigenvalue weighted by Crippen LogP contribution is -2.56. The maximum absolute atomic E-state index is 12.1. The number of aliphatic hydroxyl groups is 2. The van der Waals surface area contributed by atoms with Gasteiger partial charge in [0.05, 0.1) is 5.92 Å². The van der Waals surface area contributed by atoms with Crippen LogP contribution in [-0.4, -0.2) is 28.2 Å². The lowest BCUT2D eigenvalue weighted by atomic mass is 9.72. The highest BCUT2D eigenvalue weighted by Crippen LogP contribution is 2.45. The average molecular weight is 376 g/mol. The van der Waals surface area contributed by atoms with Crippen molar-refractivity contribution in [3.63, 3.8) is 0 Å². The molecule has 1 aliphatic heterocycles. The SMILES string of the molecule is CC(=C1C=C(c2ccccc2)SC(c2ccccc2)=C1)C1C(=O)C(O)C1O. The van der Waals surface area contributed by atoms with Gasteiger partial charge in [0.25, 0.3) is 0 Å².